The van der Waals surface area contributed by atoms with Gasteiger partial charge in [-0.3, -0.25) is 14.8 Å². The fraction of sp³-hybridized carbons (Fsp3) is 0.133. The molecule has 0 saturated carbocycles. The van der Waals surface area contributed by atoms with Gasteiger partial charge in [0.1, 0.15) is 0 Å². The van der Waals surface area contributed by atoms with Crippen LogP contribution in [-0.2, 0) is 6.42 Å². The molecule has 0 radical (unpaired) electrons. The second kappa shape index (κ2) is 4.90. The first-order valence-corrected chi connectivity index (χ1v) is 6.54. The van der Waals surface area contributed by atoms with Gasteiger partial charge in [-0.2, -0.15) is 0 Å². The van der Waals surface area contributed by atoms with Gasteiger partial charge in [-0.05, 0) is 30.7 Å². The summed E-state index contributed by atoms with van der Waals surface area (Å²) >= 11 is 0. The van der Waals surface area contributed by atoms with E-state index in [1.165, 1.54) is 0 Å². The smallest absolute Gasteiger partial charge is 0.335 e. The summed E-state index contributed by atoms with van der Waals surface area (Å²) < 4.78 is 1.10. The average Bonchev–Trinajstić information content (AvgIpc) is 2.47. The third-order valence-electron chi connectivity index (χ3n) is 3.40. The lowest BCUT2D eigenvalue weighted by Crippen LogP contribution is -2.31. The molecule has 0 aliphatic heterocycles. The first-order valence-electron chi connectivity index (χ1n) is 6.54. The molecule has 6 nitrogen and oxygen atoms in total. The first kappa shape index (κ1) is 13.1. The molecule has 106 valence electrons. The second-order valence-corrected chi connectivity index (χ2v) is 4.60. The van der Waals surface area contributed by atoms with Crippen LogP contribution in [-0.4, -0.2) is 19.6 Å². The molecular weight excluding hydrogens is 270 g/mol. The SMILES string of the molecule is CCc1c(O)n(-c2cccc3ncccc23)c(=O)[nH]c1=O. The van der Waals surface area contributed by atoms with Crippen molar-refractivity contribution in [3.63, 3.8) is 0 Å². The predicted octanol–water partition coefficient (Wildman–Crippen LogP) is 1.34. The Balaban J connectivity index is 2.44. The molecule has 3 aromatic rings. The third-order valence-corrected chi connectivity index (χ3v) is 3.40. The number of hydrogen-bond acceptors (Lipinski definition) is 4. The van der Waals surface area contributed by atoms with Crippen LogP contribution in [0.1, 0.15) is 12.5 Å². The third kappa shape index (κ3) is 2.01. The zero-order valence-electron chi connectivity index (χ0n) is 11.3. The van der Waals surface area contributed by atoms with Crippen molar-refractivity contribution in [2.45, 2.75) is 13.3 Å². The highest BCUT2D eigenvalue weighted by Crippen LogP contribution is 2.23. The molecule has 1 aromatic carbocycles. The highest BCUT2D eigenvalue weighted by Gasteiger charge is 2.15. The monoisotopic (exact) mass is 283 g/mol. The van der Waals surface area contributed by atoms with Gasteiger partial charge >= 0.3 is 5.69 Å². The minimum absolute atomic E-state index is 0.176. The number of rotatable bonds is 2. The van der Waals surface area contributed by atoms with E-state index in [1.54, 1.807) is 37.4 Å². The molecule has 0 unspecified atom stereocenters. The highest BCUT2D eigenvalue weighted by atomic mass is 16.3. The van der Waals surface area contributed by atoms with Gasteiger partial charge in [0.15, 0.2) is 0 Å². The number of fused-ring (bicyclic) bond motifs is 1. The van der Waals surface area contributed by atoms with Crippen LogP contribution in [0.15, 0.2) is 46.1 Å². The average molecular weight is 283 g/mol. The lowest BCUT2D eigenvalue weighted by molar-refractivity contribution is 0.424. The first-order chi connectivity index (χ1) is 10.1. The van der Waals surface area contributed by atoms with Crippen molar-refractivity contribution in [1.29, 1.82) is 0 Å². The largest absolute Gasteiger partial charge is 0.494 e. The summed E-state index contributed by atoms with van der Waals surface area (Å²) in [6, 6.07) is 8.81. The number of pyridine rings is 1. The van der Waals surface area contributed by atoms with Gasteiger partial charge in [0.2, 0.25) is 5.88 Å². The van der Waals surface area contributed by atoms with E-state index >= 15 is 0 Å². The summed E-state index contributed by atoms with van der Waals surface area (Å²) in [6.07, 6.45) is 1.98. The van der Waals surface area contributed by atoms with Crippen LogP contribution in [0, 0.1) is 0 Å². The summed E-state index contributed by atoms with van der Waals surface area (Å²) in [5.41, 5.74) is 0.121. The minimum Gasteiger partial charge on any atom is -0.494 e. The summed E-state index contributed by atoms with van der Waals surface area (Å²) in [6.45, 7) is 1.74. The van der Waals surface area contributed by atoms with Crippen LogP contribution >= 0.6 is 0 Å². The van der Waals surface area contributed by atoms with Gasteiger partial charge in [-0.25, -0.2) is 9.36 Å². The summed E-state index contributed by atoms with van der Waals surface area (Å²) in [5.74, 6) is -0.331. The normalized spacial score (nSPS) is 10.9. The number of aromatic nitrogens is 3. The van der Waals surface area contributed by atoms with E-state index in [0.717, 1.165) is 4.57 Å². The van der Waals surface area contributed by atoms with Crippen LogP contribution in [0.4, 0.5) is 0 Å². The number of benzene rings is 1. The number of nitrogens with one attached hydrogen (secondary N) is 1. The lowest BCUT2D eigenvalue weighted by Gasteiger charge is -2.12. The molecule has 21 heavy (non-hydrogen) atoms. The van der Waals surface area contributed by atoms with E-state index in [4.69, 9.17) is 0 Å². The number of aromatic hydroxyl groups is 1. The van der Waals surface area contributed by atoms with Crippen molar-refractivity contribution in [2.24, 2.45) is 0 Å². The van der Waals surface area contributed by atoms with E-state index in [0.29, 0.717) is 23.0 Å². The van der Waals surface area contributed by atoms with Crippen LogP contribution in [0.25, 0.3) is 16.6 Å². The van der Waals surface area contributed by atoms with Gasteiger partial charge in [0.05, 0.1) is 16.8 Å². The number of aromatic amines is 1. The van der Waals surface area contributed by atoms with Gasteiger partial charge in [0, 0.05) is 11.6 Å². The van der Waals surface area contributed by atoms with Gasteiger partial charge in [0.25, 0.3) is 5.56 Å². The van der Waals surface area contributed by atoms with E-state index in [9.17, 15) is 14.7 Å². The van der Waals surface area contributed by atoms with Crippen molar-refractivity contribution >= 4 is 10.9 Å². The van der Waals surface area contributed by atoms with Crippen molar-refractivity contribution in [3.05, 3.63) is 62.9 Å². The fourth-order valence-electron chi connectivity index (χ4n) is 2.39. The Kier molecular flexibility index (Phi) is 3.06. The molecule has 0 spiro atoms. The molecule has 2 N–H and O–H groups in total. The van der Waals surface area contributed by atoms with Crippen molar-refractivity contribution in [3.8, 4) is 11.6 Å². The Bertz CT molecular complexity index is 936. The maximum atomic E-state index is 12.1. The van der Waals surface area contributed by atoms with E-state index in [2.05, 4.69) is 9.97 Å². The Hall–Kier alpha value is -2.89. The number of H-pyrrole nitrogens is 1. The molecule has 0 fully saturated rings. The summed E-state index contributed by atoms with van der Waals surface area (Å²) in [4.78, 5) is 30.2. The molecule has 0 aliphatic carbocycles. The molecule has 0 atom stereocenters. The van der Waals surface area contributed by atoms with Gasteiger partial charge in [-0.15, -0.1) is 0 Å². The molecule has 6 heteroatoms. The van der Waals surface area contributed by atoms with Crippen molar-refractivity contribution in [2.75, 3.05) is 0 Å². The molecular formula is C15H13N3O3. The Morgan fingerprint density at radius 3 is 2.81 bits per heavy atom. The summed E-state index contributed by atoms with van der Waals surface area (Å²) in [5, 5.41) is 11.0. The van der Waals surface area contributed by atoms with Gasteiger partial charge < -0.3 is 5.11 Å². The molecule has 0 saturated heterocycles. The van der Waals surface area contributed by atoms with E-state index in [-0.39, 0.29) is 11.4 Å². The molecule has 0 amide bonds. The number of nitrogens with zero attached hydrogens (tertiary/aromatic N) is 2. The van der Waals surface area contributed by atoms with Crippen LogP contribution in [0.2, 0.25) is 0 Å². The van der Waals surface area contributed by atoms with Crippen LogP contribution in [0.3, 0.4) is 0 Å². The Morgan fingerprint density at radius 1 is 1.24 bits per heavy atom. The highest BCUT2D eigenvalue weighted by molar-refractivity contribution is 5.87. The maximum absolute atomic E-state index is 12.1. The molecule has 2 heterocycles. The zero-order chi connectivity index (χ0) is 15.0. The Labute approximate surface area is 119 Å². The van der Waals surface area contributed by atoms with Gasteiger partial charge in [-0.1, -0.05) is 13.0 Å². The summed E-state index contributed by atoms with van der Waals surface area (Å²) in [7, 11) is 0. The zero-order valence-corrected chi connectivity index (χ0v) is 11.3. The quantitative estimate of drug-likeness (QED) is 0.743. The van der Waals surface area contributed by atoms with E-state index in [1.807, 2.05) is 6.07 Å². The topological polar surface area (TPSA) is 88.0 Å². The molecule has 0 aliphatic rings. The van der Waals surface area contributed by atoms with Crippen LogP contribution < -0.4 is 11.2 Å². The molecule has 0 bridgehead atoms. The number of hydrogen-bond donors (Lipinski definition) is 2. The second-order valence-electron chi connectivity index (χ2n) is 4.60. The van der Waals surface area contributed by atoms with Crippen molar-refractivity contribution in [1.82, 2.24) is 14.5 Å². The molecule has 3 rings (SSSR count). The van der Waals surface area contributed by atoms with E-state index < -0.39 is 11.2 Å². The fourth-order valence-corrected chi connectivity index (χ4v) is 2.39. The Morgan fingerprint density at radius 2 is 2.05 bits per heavy atom. The van der Waals surface area contributed by atoms with Crippen LogP contribution in [0.5, 0.6) is 5.88 Å². The predicted molar refractivity (Wildman–Crippen MR) is 79.0 cm³/mol. The minimum atomic E-state index is -0.675. The lowest BCUT2D eigenvalue weighted by atomic mass is 10.1. The molecule has 2 aromatic heterocycles. The van der Waals surface area contributed by atoms with Crippen molar-refractivity contribution < 1.29 is 5.11 Å². The standard InChI is InChI=1S/C15H13N3O3/c1-2-9-13(19)17-15(21)18(14(9)20)12-7-3-6-11-10(12)5-4-8-16-11/h3-8,20H,2H2,1H3,(H,17,19,21). The maximum Gasteiger partial charge on any atom is 0.335 e.